The van der Waals surface area contributed by atoms with Crippen molar-refractivity contribution in [3.63, 3.8) is 0 Å². The summed E-state index contributed by atoms with van der Waals surface area (Å²) in [5, 5.41) is 6.51. The number of alkyl halides is 3. The van der Waals surface area contributed by atoms with Gasteiger partial charge in [0, 0.05) is 6.61 Å². The molecule has 10 heteroatoms. The van der Waals surface area contributed by atoms with Crippen LogP contribution in [0, 0.1) is 0 Å². The molecule has 3 aromatic heterocycles. The lowest BCUT2D eigenvalue weighted by molar-refractivity contribution is -0.142. The Balaban J connectivity index is 1.75. The standard InChI is InChI=1S/C18H17F3N4O3/c1-10(13-4-2-6-27-13)23-17(26)11-9-22-25-15(18(19,20)21)8-12(24-16(11)25)14-5-3-7-28-14/h3,5,7-10,13H,2,4,6H2,1H3,(H,23,26)/t10-,13-/m0/s1. The number of aromatic nitrogens is 3. The Labute approximate surface area is 157 Å². The van der Waals surface area contributed by atoms with Gasteiger partial charge >= 0.3 is 6.18 Å². The smallest absolute Gasteiger partial charge is 0.433 e. The summed E-state index contributed by atoms with van der Waals surface area (Å²) in [5.41, 5.74) is -1.33. The van der Waals surface area contributed by atoms with E-state index in [0.29, 0.717) is 11.1 Å². The molecule has 1 aliphatic rings. The highest BCUT2D eigenvalue weighted by molar-refractivity contribution is 6.00. The molecule has 1 saturated heterocycles. The van der Waals surface area contributed by atoms with Gasteiger partial charge in [-0.25, -0.2) is 9.50 Å². The molecule has 4 heterocycles. The lowest BCUT2D eigenvalue weighted by Gasteiger charge is -2.19. The van der Waals surface area contributed by atoms with Gasteiger partial charge in [-0.05, 0) is 38.0 Å². The highest BCUT2D eigenvalue weighted by Crippen LogP contribution is 2.32. The molecule has 0 aromatic carbocycles. The summed E-state index contributed by atoms with van der Waals surface area (Å²) in [6.07, 6.45) is -0.668. The van der Waals surface area contributed by atoms with Crippen LogP contribution in [0.3, 0.4) is 0 Å². The molecular weight excluding hydrogens is 377 g/mol. The van der Waals surface area contributed by atoms with E-state index < -0.39 is 17.8 Å². The maximum atomic E-state index is 13.5. The SMILES string of the molecule is C[C@H](NC(=O)c1cnn2c(C(F)(F)F)cc(-c3ccco3)nc12)[C@@H]1CCCO1. The number of fused-ring (bicyclic) bond motifs is 1. The van der Waals surface area contributed by atoms with Crippen LogP contribution in [0.25, 0.3) is 17.1 Å². The molecule has 28 heavy (non-hydrogen) atoms. The second kappa shape index (κ2) is 6.93. The van der Waals surface area contributed by atoms with Crippen molar-refractivity contribution in [1.82, 2.24) is 19.9 Å². The van der Waals surface area contributed by atoms with E-state index in [1.54, 1.807) is 13.0 Å². The van der Waals surface area contributed by atoms with Gasteiger partial charge in [0.1, 0.15) is 11.3 Å². The molecule has 1 amide bonds. The van der Waals surface area contributed by atoms with E-state index in [0.717, 1.165) is 25.1 Å². The third-order valence-electron chi connectivity index (χ3n) is 4.66. The fourth-order valence-corrected chi connectivity index (χ4v) is 3.25. The van der Waals surface area contributed by atoms with E-state index in [9.17, 15) is 18.0 Å². The van der Waals surface area contributed by atoms with Crippen LogP contribution in [-0.2, 0) is 10.9 Å². The first-order valence-corrected chi connectivity index (χ1v) is 8.77. The van der Waals surface area contributed by atoms with Crippen molar-refractivity contribution in [2.75, 3.05) is 6.61 Å². The number of nitrogens with zero attached hydrogens (tertiary/aromatic N) is 3. The highest BCUT2D eigenvalue weighted by Gasteiger charge is 2.36. The minimum absolute atomic E-state index is 0.0356. The number of ether oxygens (including phenoxy) is 1. The lowest BCUT2D eigenvalue weighted by atomic mass is 10.1. The van der Waals surface area contributed by atoms with Crippen molar-refractivity contribution in [3.8, 4) is 11.5 Å². The number of carbonyl (C=O) groups is 1. The summed E-state index contributed by atoms with van der Waals surface area (Å²) in [7, 11) is 0. The predicted octanol–water partition coefficient (Wildman–Crippen LogP) is 3.31. The molecule has 1 fully saturated rings. The van der Waals surface area contributed by atoms with E-state index in [1.165, 1.54) is 12.3 Å². The van der Waals surface area contributed by atoms with Gasteiger partial charge in [-0.2, -0.15) is 18.3 Å². The molecule has 1 aliphatic heterocycles. The average molecular weight is 394 g/mol. The van der Waals surface area contributed by atoms with Gasteiger partial charge in [0.25, 0.3) is 5.91 Å². The molecule has 0 unspecified atom stereocenters. The lowest BCUT2D eigenvalue weighted by Crippen LogP contribution is -2.40. The number of furan rings is 1. The topological polar surface area (TPSA) is 81.7 Å². The first-order valence-electron chi connectivity index (χ1n) is 8.77. The zero-order valence-corrected chi connectivity index (χ0v) is 14.9. The average Bonchev–Trinajstić information content (AvgIpc) is 3.40. The van der Waals surface area contributed by atoms with Crippen molar-refractivity contribution in [2.24, 2.45) is 0 Å². The van der Waals surface area contributed by atoms with Gasteiger partial charge in [0.15, 0.2) is 17.1 Å². The molecule has 1 N–H and O–H groups in total. The molecule has 3 aromatic rings. The van der Waals surface area contributed by atoms with Crippen LogP contribution in [0.15, 0.2) is 35.1 Å². The number of nitrogens with one attached hydrogen (secondary N) is 1. The number of amides is 1. The molecule has 0 aliphatic carbocycles. The van der Waals surface area contributed by atoms with Crippen LogP contribution in [0.4, 0.5) is 13.2 Å². The maximum Gasteiger partial charge on any atom is 0.433 e. The van der Waals surface area contributed by atoms with Crippen LogP contribution in [0.2, 0.25) is 0 Å². The Morgan fingerprint density at radius 3 is 2.89 bits per heavy atom. The third-order valence-corrected chi connectivity index (χ3v) is 4.66. The predicted molar refractivity (Wildman–Crippen MR) is 91.6 cm³/mol. The van der Waals surface area contributed by atoms with E-state index in [2.05, 4.69) is 15.4 Å². The minimum atomic E-state index is -4.69. The molecule has 4 rings (SSSR count). The van der Waals surface area contributed by atoms with Crippen LogP contribution >= 0.6 is 0 Å². The van der Waals surface area contributed by atoms with E-state index in [4.69, 9.17) is 9.15 Å². The summed E-state index contributed by atoms with van der Waals surface area (Å²) in [6.45, 7) is 2.42. The van der Waals surface area contributed by atoms with Gasteiger partial charge in [-0.3, -0.25) is 4.79 Å². The molecule has 148 valence electrons. The highest BCUT2D eigenvalue weighted by atomic mass is 19.4. The van der Waals surface area contributed by atoms with Crippen molar-refractivity contribution in [1.29, 1.82) is 0 Å². The van der Waals surface area contributed by atoms with Gasteiger partial charge in [0.05, 0.1) is 24.6 Å². The van der Waals surface area contributed by atoms with Gasteiger partial charge in [0.2, 0.25) is 0 Å². The van der Waals surface area contributed by atoms with Crippen molar-refractivity contribution < 1.29 is 27.1 Å². The van der Waals surface area contributed by atoms with Crippen LogP contribution in [0.5, 0.6) is 0 Å². The molecular formula is C18H17F3N4O3. The quantitative estimate of drug-likeness (QED) is 0.734. The summed E-state index contributed by atoms with van der Waals surface area (Å²) in [5.74, 6) is -0.400. The fraction of sp³-hybridized carbons (Fsp3) is 0.389. The Hall–Kier alpha value is -2.88. The largest absolute Gasteiger partial charge is 0.463 e. The maximum absolute atomic E-state index is 13.5. The Kier molecular flexibility index (Phi) is 4.58. The Morgan fingerprint density at radius 2 is 2.25 bits per heavy atom. The first kappa shape index (κ1) is 18.5. The Bertz CT molecular complexity index is 992. The van der Waals surface area contributed by atoms with Gasteiger partial charge in [-0.15, -0.1) is 0 Å². The summed E-state index contributed by atoms with van der Waals surface area (Å²) in [6, 6.07) is 3.59. The number of halogens is 3. The zero-order valence-electron chi connectivity index (χ0n) is 14.9. The number of hydrogen-bond acceptors (Lipinski definition) is 5. The van der Waals surface area contributed by atoms with Crippen LogP contribution in [-0.4, -0.2) is 39.3 Å². The van der Waals surface area contributed by atoms with E-state index in [1.807, 2.05) is 0 Å². The fourth-order valence-electron chi connectivity index (χ4n) is 3.25. The van der Waals surface area contributed by atoms with E-state index >= 15 is 0 Å². The molecule has 0 bridgehead atoms. The number of carbonyl (C=O) groups excluding carboxylic acids is 1. The minimum Gasteiger partial charge on any atom is -0.463 e. The monoisotopic (exact) mass is 394 g/mol. The molecule has 0 saturated carbocycles. The van der Waals surface area contributed by atoms with Crippen molar-refractivity contribution in [3.05, 3.63) is 41.9 Å². The van der Waals surface area contributed by atoms with Crippen molar-refractivity contribution in [2.45, 2.75) is 38.1 Å². The second-order valence-corrected chi connectivity index (χ2v) is 6.61. The molecule has 0 radical (unpaired) electrons. The Morgan fingerprint density at radius 1 is 1.43 bits per heavy atom. The van der Waals surface area contributed by atoms with Gasteiger partial charge < -0.3 is 14.5 Å². The number of rotatable bonds is 4. The van der Waals surface area contributed by atoms with E-state index in [-0.39, 0.29) is 34.8 Å². The summed E-state index contributed by atoms with van der Waals surface area (Å²) < 4.78 is 51.9. The van der Waals surface area contributed by atoms with Gasteiger partial charge in [-0.1, -0.05) is 0 Å². The second-order valence-electron chi connectivity index (χ2n) is 6.61. The van der Waals surface area contributed by atoms with Crippen LogP contribution < -0.4 is 5.32 Å². The zero-order chi connectivity index (χ0) is 19.9. The van der Waals surface area contributed by atoms with Crippen LogP contribution in [0.1, 0.15) is 35.8 Å². The third kappa shape index (κ3) is 3.35. The number of hydrogen-bond donors (Lipinski definition) is 1. The molecule has 2 atom stereocenters. The summed E-state index contributed by atoms with van der Waals surface area (Å²) in [4.78, 5) is 16.9. The molecule has 7 nitrogen and oxygen atoms in total. The first-order chi connectivity index (χ1) is 13.3. The normalized spacial score (nSPS) is 18.5. The molecule has 0 spiro atoms. The van der Waals surface area contributed by atoms with Crippen molar-refractivity contribution >= 4 is 11.6 Å². The summed E-state index contributed by atoms with van der Waals surface area (Å²) >= 11 is 0.